The van der Waals surface area contributed by atoms with E-state index < -0.39 is 0 Å². The zero-order chi connectivity index (χ0) is 31.5. The van der Waals surface area contributed by atoms with Crippen LogP contribution in [0.5, 0.6) is 0 Å². The van der Waals surface area contributed by atoms with Gasteiger partial charge in [0.15, 0.2) is 17.5 Å². The number of hydrogen-bond donors (Lipinski definition) is 0. The van der Waals surface area contributed by atoms with E-state index in [0.29, 0.717) is 17.5 Å². The van der Waals surface area contributed by atoms with Gasteiger partial charge in [-0.15, -0.1) is 0 Å². The van der Waals surface area contributed by atoms with Crippen LogP contribution in [0.2, 0.25) is 0 Å². The molecule has 0 fully saturated rings. The molecule has 1 heterocycles. The van der Waals surface area contributed by atoms with Crippen LogP contribution in [0, 0.1) is 0 Å². The van der Waals surface area contributed by atoms with Gasteiger partial charge in [0.05, 0.1) is 0 Å². The van der Waals surface area contributed by atoms with Crippen molar-refractivity contribution >= 4 is 21.5 Å². The van der Waals surface area contributed by atoms with Crippen molar-refractivity contribution in [1.82, 2.24) is 15.0 Å². The molecule has 47 heavy (non-hydrogen) atoms. The molecule has 9 rings (SSSR count). The van der Waals surface area contributed by atoms with Gasteiger partial charge < -0.3 is 0 Å². The van der Waals surface area contributed by atoms with Gasteiger partial charge >= 0.3 is 0 Å². The van der Waals surface area contributed by atoms with Crippen molar-refractivity contribution in [3.63, 3.8) is 0 Å². The van der Waals surface area contributed by atoms with Crippen molar-refractivity contribution in [1.29, 1.82) is 0 Å². The summed E-state index contributed by atoms with van der Waals surface area (Å²) in [5.41, 5.74) is 10.5. The van der Waals surface area contributed by atoms with Crippen LogP contribution in [0.3, 0.4) is 0 Å². The van der Waals surface area contributed by atoms with E-state index in [1.165, 1.54) is 38.4 Å². The molecule has 1 aliphatic carbocycles. The normalized spacial score (nSPS) is 13.1. The highest BCUT2D eigenvalue weighted by molar-refractivity contribution is 6.21. The Morgan fingerprint density at radius 3 is 1.45 bits per heavy atom. The first-order chi connectivity index (χ1) is 23.1. The van der Waals surface area contributed by atoms with Crippen molar-refractivity contribution in [2.75, 3.05) is 0 Å². The summed E-state index contributed by atoms with van der Waals surface area (Å²) in [5.74, 6) is 1.97. The maximum Gasteiger partial charge on any atom is 0.165 e. The fourth-order valence-electron chi connectivity index (χ4n) is 7.47. The van der Waals surface area contributed by atoms with Gasteiger partial charge in [0.25, 0.3) is 0 Å². The predicted molar refractivity (Wildman–Crippen MR) is 194 cm³/mol. The maximum absolute atomic E-state index is 5.25. The Morgan fingerprint density at radius 1 is 0.362 bits per heavy atom. The highest BCUT2D eigenvalue weighted by Crippen LogP contribution is 2.51. The standard InChI is InChI=1S/C44H31N3/c1-44(2)37-24-14-13-21-33(37)36-27-30(25-26-38(36)44)39-34-22-11-9-19-31(34)32-20-10-12-23-35(32)40(39)43-46-41(28-15-5-3-6-16-28)45-42(47-43)29-17-7-4-8-18-29/h3-27H,1-2H3. The number of hydrogen-bond acceptors (Lipinski definition) is 3. The molecule has 3 nitrogen and oxygen atoms in total. The number of rotatable bonds is 4. The van der Waals surface area contributed by atoms with Gasteiger partial charge in [-0.05, 0) is 55.4 Å². The first-order valence-corrected chi connectivity index (χ1v) is 16.1. The summed E-state index contributed by atoms with van der Waals surface area (Å²) in [5, 5.41) is 4.68. The molecule has 0 saturated carbocycles. The first-order valence-electron chi connectivity index (χ1n) is 16.1. The Bertz CT molecular complexity index is 2420. The molecule has 222 valence electrons. The molecule has 0 amide bonds. The van der Waals surface area contributed by atoms with E-state index in [1.807, 2.05) is 36.4 Å². The van der Waals surface area contributed by atoms with E-state index in [4.69, 9.17) is 15.0 Å². The third-order valence-corrected chi connectivity index (χ3v) is 9.73. The Balaban J connectivity index is 1.40. The minimum atomic E-state index is -0.0673. The molecular weight excluding hydrogens is 571 g/mol. The zero-order valence-electron chi connectivity index (χ0n) is 26.3. The summed E-state index contributed by atoms with van der Waals surface area (Å²) < 4.78 is 0. The monoisotopic (exact) mass is 601 g/mol. The Morgan fingerprint density at radius 2 is 0.830 bits per heavy atom. The van der Waals surface area contributed by atoms with Crippen LogP contribution in [0.4, 0.5) is 0 Å². The molecule has 0 N–H and O–H groups in total. The predicted octanol–water partition coefficient (Wildman–Crippen LogP) is 11.2. The molecule has 0 aliphatic heterocycles. The molecule has 8 aromatic rings. The van der Waals surface area contributed by atoms with E-state index in [-0.39, 0.29) is 5.41 Å². The SMILES string of the molecule is CC1(C)c2ccccc2-c2cc(-c3c(-c4nc(-c5ccccc5)nc(-c5ccccc5)n4)c4ccccc4c4ccccc34)ccc21. The molecule has 0 radical (unpaired) electrons. The van der Waals surface area contributed by atoms with Crippen LogP contribution >= 0.6 is 0 Å². The molecule has 7 aromatic carbocycles. The number of fused-ring (bicyclic) bond motifs is 6. The second-order valence-corrected chi connectivity index (χ2v) is 12.8. The van der Waals surface area contributed by atoms with Crippen molar-refractivity contribution in [3.05, 3.63) is 163 Å². The quantitative estimate of drug-likeness (QED) is 0.188. The number of nitrogens with zero attached hydrogens (tertiary/aromatic N) is 3. The molecule has 1 aliphatic rings. The fraction of sp³-hybridized carbons (Fsp3) is 0.0682. The smallest absolute Gasteiger partial charge is 0.165 e. The highest BCUT2D eigenvalue weighted by atomic mass is 15.0. The van der Waals surface area contributed by atoms with Crippen molar-refractivity contribution in [3.8, 4) is 56.4 Å². The summed E-state index contributed by atoms with van der Waals surface area (Å²) in [6.45, 7) is 4.66. The lowest BCUT2D eigenvalue weighted by molar-refractivity contribution is 0.660. The summed E-state index contributed by atoms with van der Waals surface area (Å²) >= 11 is 0. The Kier molecular flexibility index (Phi) is 6.16. The molecule has 0 bridgehead atoms. The highest BCUT2D eigenvalue weighted by Gasteiger charge is 2.35. The van der Waals surface area contributed by atoms with Crippen LogP contribution in [-0.4, -0.2) is 15.0 Å². The van der Waals surface area contributed by atoms with E-state index in [9.17, 15) is 0 Å². The third kappa shape index (κ3) is 4.31. The van der Waals surface area contributed by atoms with Crippen LogP contribution in [-0.2, 0) is 5.41 Å². The van der Waals surface area contributed by atoms with Crippen molar-refractivity contribution in [2.45, 2.75) is 19.3 Å². The summed E-state index contributed by atoms with van der Waals surface area (Å²) in [6.07, 6.45) is 0. The first kappa shape index (κ1) is 27.4. The Hall–Kier alpha value is -5.93. The van der Waals surface area contributed by atoms with Gasteiger partial charge in [0, 0.05) is 27.7 Å². The molecular formula is C44H31N3. The van der Waals surface area contributed by atoms with Gasteiger partial charge in [-0.3, -0.25) is 0 Å². The second kappa shape index (κ2) is 10.6. The number of aromatic nitrogens is 3. The average Bonchev–Trinajstić information content (AvgIpc) is 3.37. The summed E-state index contributed by atoms with van der Waals surface area (Å²) in [4.78, 5) is 15.5. The van der Waals surface area contributed by atoms with Gasteiger partial charge in [-0.2, -0.15) is 0 Å². The van der Waals surface area contributed by atoms with Crippen LogP contribution in [0.15, 0.2) is 152 Å². The van der Waals surface area contributed by atoms with E-state index >= 15 is 0 Å². The summed E-state index contributed by atoms with van der Waals surface area (Å²) in [7, 11) is 0. The molecule has 0 saturated heterocycles. The fourth-order valence-corrected chi connectivity index (χ4v) is 7.47. The lowest BCUT2D eigenvalue weighted by atomic mass is 9.81. The van der Waals surface area contributed by atoms with Crippen molar-refractivity contribution < 1.29 is 0 Å². The summed E-state index contributed by atoms with van der Waals surface area (Å²) in [6, 6.07) is 53.6. The molecule has 0 spiro atoms. The third-order valence-electron chi connectivity index (χ3n) is 9.73. The minimum Gasteiger partial charge on any atom is -0.208 e. The zero-order valence-corrected chi connectivity index (χ0v) is 26.3. The average molecular weight is 602 g/mol. The van der Waals surface area contributed by atoms with Crippen LogP contribution in [0.25, 0.3) is 78.0 Å². The van der Waals surface area contributed by atoms with E-state index in [0.717, 1.165) is 33.2 Å². The van der Waals surface area contributed by atoms with Crippen LogP contribution in [0.1, 0.15) is 25.0 Å². The second-order valence-electron chi connectivity index (χ2n) is 12.8. The molecule has 0 atom stereocenters. The topological polar surface area (TPSA) is 38.7 Å². The van der Waals surface area contributed by atoms with Gasteiger partial charge in [0.2, 0.25) is 0 Å². The van der Waals surface area contributed by atoms with Gasteiger partial charge in [-0.25, -0.2) is 15.0 Å². The number of benzene rings is 7. The maximum atomic E-state index is 5.25. The van der Waals surface area contributed by atoms with Gasteiger partial charge in [-0.1, -0.05) is 159 Å². The van der Waals surface area contributed by atoms with Gasteiger partial charge in [0.1, 0.15) is 0 Å². The lowest BCUT2D eigenvalue weighted by Gasteiger charge is -2.22. The van der Waals surface area contributed by atoms with Crippen LogP contribution < -0.4 is 0 Å². The largest absolute Gasteiger partial charge is 0.208 e. The molecule has 0 unspecified atom stereocenters. The minimum absolute atomic E-state index is 0.0673. The lowest BCUT2D eigenvalue weighted by Crippen LogP contribution is -2.14. The van der Waals surface area contributed by atoms with Crippen molar-refractivity contribution in [2.24, 2.45) is 0 Å². The van der Waals surface area contributed by atoms with E-state index in [1.54, 1.807) is 0 Å². The Labute approximate surface area is 274 Å². The molecule has 1 aromatic heterocycles. The molecule has 3 heteroatoms. The van der Waals surface area contributed by atoms with E-state index in [2.05, 4.69) is 129 Å².